The van der Waals surface area contributed by atoms with Gasteiger partial charge in [0.2, 0.25) is 0 Å². The Kier molecular flexibility index (Phi) is 12.5. The first-order chi connectivity index (χ1) is 32.0. The van der Waals surface area contributed by atoms with E-state index < -0.39 is 42.9 Å². The molecule has 16 heteroatoms. The lowest BCUT2D eigenvalue weighted by Gasteiger charge is -2.57. The number of H-pyrrole nitrogens is 1. The van der Waals surface area contributed by atoms with Crippen LogP contribution in [0, 0.1) is 39.6 Å². The molecule has 67 heavy (non-hydrogen) atoms. The molecule has 2 aliphatic heterocycles. The fourth-order valence-electron chi connectivity index (χ4n) is 11.0. The van der Waals surface area contributed by atoms with Gasteiger partial charge in [-0.3, -0.25) is 19.8 Å². The molecule has 2 aliphatic carbocycles. The quantitative estimate of drug-likeness (QED) is 0.0502. The maximum Gasteiger partial charge on any atom is 0.293 e. The molecule has 4 fully saturated rings. The van der Waals surface area contributed by atoms with Gasteiger partial charge in [0, 0.05) is 62.8 Å². The standard InChI is InChI=1S/C51H58FN7O7S/c1-5-42-47(27-40-41(52)29-54-48(40)55-42)66-46-25-34(57-23-21-51(22-24-57)30-58(31-51)44-12-8-11-38(44)37-10-7-6-9-36(37)32(2)3)13-15-39(46)49(60)56-67(64,65)35-14-16-43(45(26-35)59(62)63)53-28-33-17-19-50(4,61)20-18-33/h1,6-7,9-10,13-16,25-27,29,32-33,38,44,53,61H,8,11-12,17-24,28,30-31H2,2-4H3,(H,54,55)(H,56,60)/t33-,38-,44?,50-/m0/s1. The number of nitrogens with one attached hydrogen (secondary N) is 3. The third kappa shape index (κ3) is 9.46. The molecule has 1 unspecified atom stereocenters. The number of amides is 1. The molecule has 5 aromatic rings. The van der Waals surface area contributed by atoms with Crippen LogP contribution in [0.3, 0.4) is 0 Å². The number of carbonyl (C=O) groups excluding carboxylic acids is 1. The second-order valence-electron chi connectivity index (χ2n) is 19.8. The summed E-state index contributed by atoms with van der Waals surface area (Å²) in [4.78, 5) is 37.1. The molecule has 0 bridgehead atoms. The zero-order valence-electron chi connectivity index (χ0n) is 38.2. The fourth-order valence-corrected chi connectivity index (χ4v) is 12.0. The Bertz CT molecular complexity index is 2850. The Morgan fingerprint density at radius 3 is 2.51 bits per heavy atom. The molecule has 9 rings (SSSR count). The molecule has 2 atom stereocenters. The van der Waals surface area contributed by atoms with Crippen molar-refractivity contribution in [1.29, 1.82) is 0 Å². The van der Waals surface area contributed by atoms with Gasteiger partial charge in [-0.25, -0.2) is 22.5 Å². The Hall–Kier alpha value is -6.02. The second kappa shape index (κ2) is 18.2. The molecule has 1 amide bonds. The molecule has 2 saturated heterocycles. The van der Waals surface area contributed by atoms with Gasteiger partial charge in [0.15, 0.2) is 11.4 Å². The van der Waals surface area contributed by atoms with Gasteiger partial charge >= 0.3 is 0 Å². The minimum Gasteiger partial charge on any atom is -0.453 e. The van der Waals surface area contributed by atoms with Crippen LogP contribution in [-0.2, 0) is 10.0 Å². The topological polar surface area (TPSA) is 183 Å². The summed E-state index contributed by atoms with van der Waals surface area (Å²) in [5.41, 5.74) is 2.90. The van der Waals surface area contributed by atoms with Crippen molar-refractivity contribution in [1.82, 2.24) is 19.6 Å². The SMILES string of the molecule is C#Cc1nc2[nH]cc(F)c2cc1Oc1cc(N2CCC3(CC2)CN(C2CCC[C@H]2c2ccccc2C(C)C)C3)ccc1C(=O)NS(=O)(=O)c1ccc(NC[C@H]2CC[C@](C)(O)CC2)c([N+](=O)[O-])c1. The number of aromatic amines is 1. The van der Waals surface area contributed by atoms with Crippen molar-refractivity contribution in [3.05, 3.63) is 111 Å². The molecule has 0 radical (unpaired) electrons. The van der Waals surface area contributed by atoms with Crippen LogP contribution in [0.4, 0.5) is 21.5 Å². The van der Waals surface area contributed by atoms with Gasteiger partial charge in [-0.05, 0) is 129 Å². The van der Waals surface area contributed by atoms with Gasteiger partial charge in [0.1, 0.15) is 22.9 Å². The lowest BCUT2D eigenvalue weighted by atomic mass is 9.70. The van der Waals surface area contributed by atoms with Crippen molar-refractivity contribution in [2.45, 2.75) is 107 Å². The van der Waals surface area contributed by atoms with Crippen molar-refractivity contribution < 1.29 is 32.4 Å². The summed E-state index contributed by atoms with van der Waals surface area (Å²) in [7, 11) is -4.66. The summed E-state index contributed by atoms with van der Waals surface area (Å²) in [6.45, 7) is 10.4. The molecule has 4 N–H and O–H groups in total. The average Bonchev–Trinajstić information content (AvgIpc) is 3.93. The number of aromatic nitrogens is 2. The number of rotatable bonds is 13. The number of hydrogen-bond donors (Lipinski definition) is 4. The third-order valence-electron chi connectivity index (χ3n) is 14.8. The van der Waals surface area contributed by atoms with E-state index in [9.17, 15) is 32.8 Å². The highest BCUT2D eigenvalue weighted by Gasteiger charge is 2.49. The van der Waals surface area contributed by atoms with Gasteiger partial charge in [0.25, 0.3) is 21.6 Å². The summed E-state index contributed by atoms with van der Waals surface area (Å²) in [6.07, 6.45) is 15.3. The van der Waals surface area contributed by atoms with Crippen molar-refractivity contribution >= 4 is 44.0 Å². The van der Waals surface area contributed by atoms with Crippen molar-refractivity contribution in [2.24, 2.45) is 11.3 Å². The molecule has 4 heterocycles. The van der Waals surface area contributed by atoms with Crippen LogP contribution in [0.1, 0.15) is 118 Å². The number of anilines is 2. The van der Waals surface area contributed by atoms with E-state index in [-0.39, 0.29) is 50.8 Å². The monoisotopic (exact) mass is 931 g/mol. The van der Waals surface area contributed by atoms with E-state index >= 15 is 0 Å². The van der Waals surface area contributed by atoms with Crippen molar-refractivity contribution in [3.63, 3.8) is 0 Å². The summed E-state index contributed by atoms with van der Waals surface area (Å²) in [5.74, 6) is 1.94. The number of carbonyl (C=O) groups is 1. The predicted octanol–water partition coefficient (Wildman–Crippen LogP) is 9.22. The maximum atomic E-state index is 14.8. The van der Waals surface area contributed by atoms with E-state index in [0.29, 0.717) is 37.3 Å². The largest absolute Gasteiger partial charge is 0.453 e. The van der Waals surface area contributed by atoms with E-state index in [1.165, 1.54) is 54.7 Å². The number of terminal acetylenes is 1. The number of aliphatic hydroxyl groups is 1. The number of fused-ring (bicyclic) bond motifs is 1. The number of pyridine rings is 1. The van der Waals surface area contributed by atoms with Crippen LogP contribution in [0.5, 0.6) is 11.5 Å². The zero-order valence-corrected chi connectivity index (χ0v) is 39.0. The van der Waals surface area contributed by atoms with E-state index in [1.54, 1.807) is 19.1 Å². The minimum absolute atomic E-state index is 0.0201. The van der Waals surface area contributed by atoms with Gasteiger partial charge in [0.05, 0.1) is 26.4 Å². The van der Waals surface area contributed by atoms with E-state index in [4.69, 9.17) is 11.2 Å². The van der Waals surface area contributed by atoms with Crippen LogP contribution >= 0.6 is 0 Å². The first-order valence-corrected chi connectivity index (χ1v) is 24.9. The first kappa shape index (κ1) is 46.1. The number of nitrogens with zero attached hydrogens (tertiary/aromatic N) is 4. The lowest BCUT2D eigenvalue weighted by molar-refractivity contribution is -0.384. The molecule has 1 spiro atoms. The summed E-state index contributed by atoms with van der Waals surface area (Å²) < 4.78 is 50.8. The molecule has 3 aromatic carbocycles. The minimum atomic E-state index is -4.66. The highest BCUT2D eigenvalue weighted by Crippen LogP contribution is 2.49. The van der Waals surface area contributed by atoms with Crippen LogP contribution in [-0.4, -0.2) is 83.6 Å². The van der Waals surface area contributed by atoms with Crippen LogP contribution in [0.15, 0.2) is 77.8 Å². The number of likely N-dealkylation sites (tertiary alicyclic amines) is 1. The molecule has 352 valence electrons. The summed E-state index contributed by atoms with van der Waals surface area (Å²) in [5, 5.41) is 25.7. The highest BCUT2D eigenvalue weighted by molar-refractivity contribution is 7.90. The second-order valence-corrected chi connectivity index (χ2v) is 21.4. The lowest BCUT2D eigenvalue weighted by Crippen LogP contribution is -2.63. The molecular formula is C51H58FN7O7S. The van der Waals surface area contributed by atoms with E-state index in [2.05, 4.69) is 73.8 Å². The van der Waals surface area contributed by atoms with Crippen LogP contribution in [0.2, 0.25) is 0 Å². The van der Waals surface area contributed by atoms with Crippen molar-refractivity contribution in [2.75, 3.05) is 42.9 Å². The smallest absolute Gasteiger partial charge is 0.293 e. The molecule has 4 aliphatic rings. The highest BCUT2D eigenvalue weighted by atomic mass is 32.2. The number of sulfonamides is 1. The van der Waals surface area contributed by atoms with E-state index in [0.717, 1.165) is 69.8 Å². The molecule has 14 nitrogen and oxygen atoms in total. The van der Waals surface area contributed by atoms with Crippen LogP contribution in [0.25, 0.3) is 11.0 Å². The Morgan fingerprint density at radius 1 is 1.04 bits per heavy atom. The zero-order chi connectivity index (χ0) is 47.3. The van der Waals surface area contributed by atoms with Gasteiger partial charge in [-0.2, -0.15) is 0 Å². The first-order valence-electron chi connectivity index (χ1n) is 23.4. The molecule has 2 saturated carbocycles. The normalized spacial score (nSPS) is 22.9. The number of nitro groups is 1. The number of halogens is 1. The Morgan fingerprint density at radius 2 is 1.79 bits per heavy atom. The maximum absolute atomic E-state index is 14.8. The fraction of sp³-hybridized carbons (Fsp3) is 0.451. The molecular weight excluding hydrogens is 874 g/mol. The average molecular weight is 932 g/mol. The van der Waals surface area contributed by atoms with Crippen LogP contribution < -0.4 is 19.7 Å². The number of nitro benzene ring substituents is 1. The number of ether oxygens (including phenoxy) is 1. The summed E-state index contributed by atoms with van der Waals surface area (Å²) in [6, 6.07) is 19.1. The third-order valence-corrected chi connectivity index (χ3v) is 16.2. The summed E-state index contributed by atoms with van der Waals surface area (Å²) >= 11 is 0. The Labute approximate surface area is 390 Å². The van der Waals surface area contributed by atoms with Gasteiger partial charge < -0.3 is 25.0 Å². The predicted molar refractivity (Wildman–Crippen MR) is 256 cm³/mol. The van der Waals surface area contributed by atoms with Crippen molar-refractivity contribution in [3.8, 4) is 23.8 Å². The molecule has 2 aromatic heterocycles. The van der Waals surface area contributed by atoms with Gasteiger partial charge in [-0.1, -0.05) is 44.5 Å². The number of hydrogen-bond acceptors (Lipinski definition) is 11. The number of benzene rings is 3. The number of piperidine rings is 1. The Balaban J connectivity index is 0.929. The van der Waals surface area contributed by atoms with E-state index in [1.807, 2.05) is 0 Å². The van der Waals surface area contributed by atoms with Gasteiger partial charge in [-0.15, -0.1) is 6.42 Å².